The summed E-state index contributed by atoms with van der Waals surface area (Å²) in [7, 11) is 0. The predicted octanol–water partition coefficient (Wildman–Crippen LogP) is 1.04. The van der Waals surface area contributed by atoms with Crippen LogP contribution in [0.1, 0.15) is 33.6 Å². The Hall–Kier alpha value is -0.670. The van der Waals surface area contributed by atoms with Crippen LogP contribution in [0.3, 0.4) is 0 Å². The summed E-state index contributed by atoms with van der Waals surface area (Å²) >= 11 is 0. The van der Waals surface area contributed by atoms with Crippen LogP contribution in [0.5, 0.6) is 0 Å². The molecule has 0 aromatic rings. The highest BCUT2D eigenvalue weighted by Gasteiger charge is 2.41. The zero-order valence-corrected chi connectivity index (χ0v) is 8.95. The molecule has 14 heavy (non-hydrogen) atoms. The summed E-state index contributed by atoms with van der Waals surface area (Å²) in [5, 5.41) is 19.2. The van der Waals surface area contributed by atoms with Crippen molar-refractivity contribution in [3.8, 4) is 0 Å². The number of allylic oxidation sites excluding steroid dienone is 1. The second kappa shape index (κ2) is 3.83. The lowest BCUT2D eigenvalue weighted by atomic mass is 9.71. The molecule has 3 heteroatoms. The Morgan fingerprint density at radius 3 is 2.64 bits per heavy atom. The molecule has 3 atom stereocenters. The van der Waals surface area contributed by atoms with Crippen LogP contribution in [0.2, 0.25) is 0 Å². The SMILES string of the molecule is CCC1(C)C(=O)C=C(C(C)O)CC1O. The van der Waals surface area contributed by atoms with E-state index >= 15 is 0 Å². The van der Waals surface area contributed by atoms with Crippen molar-refractivity contribution in [2.24, 2.45) is 5.41 Å². The minimum Gasteiger partial charge on any atom is -0.392 e. The second-order valence-electron chi connectivity index (χ2n) is 4.25. The van der Waals surface area contributed by atoms with Crippen molar-refractivity contribution in [1.29, 1.82) is 0 Å². The molecule has 0 heterocycles. The van der Waals surface area contributed by atoms with Gasteiger partial charge in [0, 0.05) is 0 Å². The van der Waals surface area contributed by atoms with Crippen LogP contribution < -0.4 is 0 Å². The van der Waals surface area contributed by atoms with E-state index in [9.17, 15) is 15.0 Å². The van der Waals surface area contributed by atoms with Gasteiger partial charge in [0.2, 0.25) is 0 Å². The molecule has 1 aliphatic carbocycles. The third kappa shape index (κ3) is 1.74. The lowest BCUT2D eigenvalue weighted by molar-refractivity contribution is -0.131. The molecular weight excluding hydrogens is 180 g/mol. The molecule has 0 aromatic heterocycles. The Morgan fingerprint density at radius 1 is 1.71 bits per heavy atom. The van der Waals surface area contributed by atoms with Crippen molar-refractivity contribution in [3.05, 3.63) is 11.6 Å². The zero-order valence-electron chi connectivity index (χ0n) is 8.95. The molecule has 0 aliphatic heterocycles. The first-order chi connectivity index (χ1) is 6.41. The summed E-state index contributed by atoms with van der Waals surface area (Å²) in [6, 6.07) is 0. The smallest absolute Gasteiger partial charge is 0.164 e. The molecule has 0 radical (unpaired) electrons. The van der Waals surface area contributed by atoms with Crippen LogP contribution in [0.4, 0.5) is 0 Å². The molecule has 2 N–H and O–H groups in total. The van der Waals surface area contributed by atoms with Gasteiger partial charge in [-0.15, -0.1) is 0 Å². The summed E-state index contributed by atoms with van der Waals surface area (Å²) in [4.78, 5) is 11.7. The minimum atomic E-state index is -0.672. The van der Waals surface area contributed by atoms with E-state index in [0.717, 1.165) is 0 Å². The number of aliphatic hydroxyl groups excluding tert-OH is 2. The van der Waals surface area contributed by atoms with Crippen LogP contribution >= 0.6 is 0 Å². The molecule has 0 saturated carbocycles. The van der Waals surface area contributed by atoms with E-state index in [1.807, 2.05) is 6.92 Å². The molecule has 1 rings (SSSR count). The first-order valence-corrected chi connectivity index (χ1v) is 5.03. The van der Waals surface area contributed by atoms with E-state index in [0.29, 0.717) is 18.4 Å². The van der Waals surface area contributed by atoms with Gasteiger partial charge in [0.1, 0.15) is 0 Å². The largest absolute Gasteiger partial charge is 0.392 e. The zero-order chi connectivity index (χ0) is 10.9. The van der Waals surface area contributed by atoms with Gasteiger partial charge in [0.15, 0.2) is 5.78 Å². The van der Waals surface area contributed by atoms with Gasteiger partial charge in [0.25, 0.3) is 0 Å². The predicted molar refractivity (Wildman–Crippen MR) is 53.8 cm³/mol. The number of hydrogen-bond donors (Lipinski definition) is 2. The van der Waals surface area contributed by atoms with Gasteiger partial charge in [-0.3, -0.25) is 4.79 Å². The number of carbonyl (C=O) groups is 1. The summed E-state index contributed by atoms with van der Waals surface area (Å²) in [6.45, 7) is 5.28. The van der Waals surface area contributed by atoms with Crippen LogP contribution in [0.25, 0.3) is 0 Å². The molecule has 3 nitrogen and oxygen atoms in total. The molecular formula is C11H18O3. The maximum absolute atomic E-state index is 11.7. The minimum absolute atomic E-state index is 0.0744. The first-order valence-electron chi connectivity index (χ1n) is 5.03. The van der Waals surface area contributed by atoms with Crippen molar-refractivity contribution < 1.29 is 15.0 Å². The molecule has 0 aromatic carbocycles. The fourth-order valence-corrected chi connectivity index (χ4v) is 1.71. The van der Waals surface area contributed by atoms with Crippen LogP contribution in [-0.4, -0.2) is 28.2 Å². The third-order valence-corrected chi connectivity index (χ3v) is 3.31. The van der Waals surface area contributed by atoms with Crippen LogP contribution in [-0.2, 0) is 4.79 Å². The molecule has 0 amide bonds. The number of carbonyl (C=O) groups excluding carboxylic acids is 1. The molecule has 0 bridgehead atoms. The standard InChI is InChI=1S/C11H18O3/c1-4-11(3)9(13)5-8(7(2)12)6-10(11)14/h5,7,10,12,14H,4,6H2,1-3H3. The molecule has 80 valence electrons. The summed E-state index contributed by atoms with van der Waals surface area (Å²) < 4.78 is 0. The van der Waals surface area contributed by atoms with Crippen molar-refractivity contribution >= 4 is 5.78 Å². The van der Waals surface area contributed by atoms with Gasteiger partial charge < -0.3 is 10.2 Å². The van der Waals surface area contributed by atoms with Gasteiger partial charge in [-0.1, -0.05) is 6.92 Å². The van der Waals surface area contributed by atoms with Gasteiger partial charge in [-0.2, -0.15) is 0 Å². The Kier molecular flexibility index (Phi) is 3.12. The van der Waals surface area contributed by atoms with Crippen molar-refractivity contribution in [3.63, 3.8) is 0 Å². The van der Waals surface area contributed by atoms with Gasteiger partial charge in [-0.05, 0) is 38.3 Å². The molecule has 1 aliphatic rings. The highest BCUT2D eigenvalue weighted by molar-refractivity contribution is 5.96. The van der Waals surface area contributed by atoms with Gasteiger partial charge >= 0.3 is 0 Å². The Balaban J connectivity index is 2.98. The average Bonchev–Trinajstić information content (AvgIpc) is 2.13. The summed E-state index contributed by atoms with van der Waals surface area (Å²) in [5.41, 5.74) is -0.0355. The number of aliphatic hydroxyl groups is 2. The fraction of sp³-hybridized carbons (Fsp3) is 0.727. The van der Waals surface area contributed by atoms with E-state index in [4.69, 9.17) is 0 Å². The van der Waals surface area contributed by atoms with E-state index < -0.39 is 17.6 Å². The maximum Gasteiger partial charge on any atom is 0.164 e. The Labute approximate surface area is 84.4 Å². The summed E-state index contributed by atoms with van der Waals surface area (Å²) in [5.74, 6) is -0.0744. The summed E-state index contributed by atoms with van der Waals surface area (Å²) in [6.07, 6.45) is 1.19. The quantitative estimate of drug-likeness (QED) is 0.697. The lowest BCUT2D eigenvalue weighted by Gasteiger charge is -2.36. The maximum atomic E-state index is 11.7. The third-order valence-electron chi connectivity index (χ3n) is 3.31. The topological polar surface area (TPSA) is 57.5 Å². The number of hydrogen-bond acceptors (Lipinski definition) is 3. The van der Waals surface area contributed by atoms with Gasteiger partial charge in [0.05, 0.1) is 17.6 Å². The monoisotopic (exact) mass is 198 g/mol. The Bertz CT molecular complexity index is 268. The molecule has 3 unspecified atom stereocenters. The average molecular weight is 198 g/mol. The molecule has 0 saturated heterocycles. The molecule has 0 spiro atoms. The van der Waals surface area contributed by atoms with Crippen LogP contribution in [0, 0.1) is 5.41 Å². The lowest BCUT2D eigenvalue weighted by Crippen LogP contribution is -2.42. The van der Waals surface area contributed by atoms with Gasteiger partial charge in [-0.25, -0.2) is 0 Å². The Morgan fingerprint density at radius 2 is 2.29 bits per heavy atom. The van der Waals surface area contributed by atoms with E-state index in [-0.39, 0.29) is 5.78 Å². The van der Waals surface area contributed by atoms with Crippen molar-refractivity contribution in [2.45, 2.75) is 45.8 Å². The van der Waals surface area contributed by atoms with Crippen LogP contribution in [0.15, 0.2) is 11.6 Å². The first kappa shape index (κ1) is 11.4. The highest BCUT2D eigenvalue weighted by Crippen LogP contribution is 2.36. The highest BCUT2D eigenvalue weighted by atomic mass is 16.3. The van der Waals surface area contributed by atoms with E-state index in [1.54, 1.807) is 13.8 Å². The van der Waals surface area contributed by atoms with Crippen molar-refractivity contribution in [2.75, 3.05) is 0 Å². The normalized spacial score (nSPS) is 35.4. The second-order valence-corrected chi connectivity index (χ2v) is 4.25. The molecule has 0 fully saturated rings. The van der Waals surface area contributed by atoms with E-state index in [1.165, 1.54) is 6.08 Å². The van der Waals surface area contributed by atoms with E-state index in [2.05, 4.69) is 0 Å². The fourth-order valence-electron chi connectivity index (χ4n) is 1.71. The number of rotatable bonds is 2. The van der Waals surface area contributed by atoms with Crippen molar-refractivity contribution in [1.82, 2.24) is 0 Å². The number of ketones is 1.